The molecule has 1 aliphatic heterocycles. The first-order valence-corrected chi connectivity index (χ1v) is 9.25. The third kappa shape index (κ3) is 3.84. The Kier molecular flexibility index (Phi) is 4.57. The maximum absolute atomic E-state index is 6.15. The van der Waals surface area contributed by atoms with Crippen molar-refractivity contribution in [3.63, 3.8) is 0 Å². The Balaban J connectivity index is 2.25. The highest BCUT2D eigenvalue weighted by molar-refractivity contribution is 6.74. The second-order valence-electron chi connectivity index (χ2n) is 6.46. The van der Waals surface area contributed by atoms with Gasteiger partial charge >= 0.3 is 0 Å². The van der Waals surface area contributed by atoms with Crippen LogP contribution < -0.4 is 5.73 Å². The van der Waals surface area contributed by atoms with Gasteiger partial charge in [0, 0.05) is 25.7 Å². The lowest BCUT2D eigenvalue weighted by atomic mass is 10.2. The van der Waals surface area contributed by atoms with Gasteiger partial charge in [0.15, 0.2) is 8.32 Å². The molecule has 0 radical (unpaired) electrons. The molecule has 2 N–H and O–H groups in total. The first-order chi connectivity index (χ1) is 7.22. The second-order valence-corrected chi connectivity index (χ2v) is 11.3. The van der Waals surface area contributed by atoms with E-state index in [1.165, 1.54) is 0 Å². The monoisotopic (exact) mass is 244 g/mol. The van der Waals surface area contributed by atoms with Crippen LogP contribution in [0.1, 0.15) is 27.2 Å². The molecule has 1 heterocycles. The molecule has 1 aliphatic rings. The van der Waals surface area contributed by atoms with E-state index in [1.54, 1.807) is 0 Å². The summed E-state index contributed by atoms with van der Waals surface area (Å²) in [6.45, 7) is 15.6. The third-order valence-electron chi connectivity index (χ3n) is 3.99. The van der Waals surface area contributed by atoms with Crippen LogP contribution >= 0.6 is 0 Å². The smallest absolute Gasteiger partial charge is 0.192 e. The predicted octanol–water partition coefficient (Wildman–Crippen LogP) is 2.04. The van der Waals surface area contributed by atoms with Crippen LogP contribution in [0.15, 0.2) is 0 Å². The first kappa shape index (κ1) is 14.2. The number of hydrogen-bond acceptors (Lipinski definition) is 3. The fourth-order valence-corrected chi connectivity index (χ4v) is 2.75. The van der Waals surface area contributed by atoms with E-state index in [9.17, 15) is 0 Å². The van der Waals surface area contributed by atoms with Crippen molar-refractivity contribution < 1.29 is 4.43 Å². The summed E-state index contributed by atoms with van der Waals surface area (Å²) in [6.07, 6.45) is 1.14. The summed E-state index contributed by atoms with van der Waals surface area (Å²) in [6, 6.07) is 0.382. The topological polar surface area (TPSA) is 38.5 Å². The molecule has 0 aromatic heterocycles. The highest BCUT2D eigenvalue weighted by Gasteiger charge is 2.37. The van der Waals surface area contributed by atoms with E-state index in [-0.39, 0.29) is 0 Å². The van der Waals surface area contributed by atoms with E-state index in [2.05, 4.69) is 38.8 Å². The van der Waals surface area contributed by atoms with Crippen molar-refractivity contribution in [1.29, 1.82) is 0 Å². The average Bonchev–Trinajstić information content (AvgIpc) is 2.49. The van der Waals surface area contributed by atoms with E-state index in [4.69, 9.17) is 10.2 Å². The molecular formula is C12H28N2OSi. The molecule has 4 heteroatoms. The van der Waals surface area contributed by atoms with Gasteiger partial charge in [-0.15, -0.1) is 0 Å². The molecular weight excluding hydrogens is 216 g/mol. The van der Waals surface area contributed by atoms with Crippen molar-refractivity contribution in [3.05, 3.63) is 0 Å². The molecule has 16 heavy (non-hydrogen) atoms. The SMILES string of the molecule is CC(C)(C)[Si](C)(C)OCCN1CCC(N)C1. The van der Waals surface area contributed by atoms with Gasteiger partial charge in [-0.2, -0.15) is 0 Å². The standard InChI is InChI=1S/C12H28N2OSi/c1-12(2,3)16(4,5)15-9-8-14-7-6-11(13)10-14/h11H,6-10,13H2,1-5H3. The molecule has 3 nitrogen and oxygen atoms in total. The van der Waals surface area contributed by atoms with Crippen LogP contribution in [0, 0.1) is 0 Å². The summed E-state index contributed by atoms with van der Waals surface area (Å²) in [5.41, 5.74) is 5.88. The van der Waals surface area contributed by atoms with Crippen molar-refractivity contribution >= 4 is 8.32 Å². The van der Waals surface area contributed by atoms with Gasteiger partial charge in [0.2, 0.25) is 0 Å². The Morgan fingerprint density at radius 2 is 2.00 bits per heavy atom. The van der Waals surface area contributed by atoms with Gasteiger partial charge in [-0.1, -0.05) is 20.8 Å². The van der Waals surface area contributed by atoms with Gasteiger partial charge in [0.1, 0.15) is 0 Å². The summed E-state index contributed by atoms with van der Waals surface area (Å²) in [7, 11) is -1.55. The van der Waals surface area contributed by atoms with Crippen LogP contribution in [0.4, 0.5) is 0 Å². The van der Waals surface area contributed by atoms with E-state index in [0.717, 1.165) is 32.7 Å². The van der Waals surface area contributed by atoms with Crippen LogP contribution in [0.5, 0.6) is 0 Å². The third-order valence-corrected chi connectivity index (χ3v) is 8.52. The van der Waals surface area contributed by atoms with Gasteiger partial charge < -0.3 is 10.2 Å². The Morgan fingerprint density at radius 3 is 2.44 bits per heavy atom. The van der Waals surface area contributed by atoms with E-state index < -0.39 is 8.32 Å². The van der Waals surface area contributed by atoms with Gasteiger partial charge in [-0.3, -0.25) is 4.90 Å². The van der Waals surface area contributed by atoms with Crippen molar-refractivity contribution in [1.82, 2.24) is 4.90 Å². The Hall–Kier alpha value is 0.0969. The normalized spacial score (nSPS) is 24.0. The zero-order valence-corrected chi connectivity index (χ0v) is 12.5. The van der Waals surface area contributed by atoms with Crippen molar-refractivity contribution in [2.45, 2.75) is 51.4 Å². The van der Waals surface area contributed by atoms with Gasteiger partial charge in [0.25, 0.3) is 0 Å². The highest BCUT2D eigenvalue weighted by Crippen LogP contribution is 2.36. The molecule has 0 amide bonds. The summed E-state index contributed by atoms with van der Waals surface area (Å²) < 4.78 is 6.15. The minimum Gasteiger partial charge on any atom is -0.416 e. The Bertz CT molecular complexity index is 226. The fourth-order valence-electron chi connectivity index (χ4n) is 1.71. The number of rotatable bonds is 4. The lowest BCUT2D eigenvalue weighted by Crippen LogP contribution is -2.42. The van der Waals surface area contributed by atoms with Crippen LogP contribution in [-0.4, -0.2) is 45.5 Å². The fraction of sp³-hybridized carbons (Fsp3) is 1.00. The number of likely N-dealkylation sites (tertiary alicyclic amines) is 1. The molecule has 0 aromatic carbocycles. The molecule has 1 unspecified atom stereocenters. The minimum atomic E-state index is -1.55. The van der Waals surface area contributed by atoms with Crippen molar-refractivity contribution in [3.8, 4) is 0 Å². The molecule has 0 spiro atoms. The molecule has 96 valence electrons. The highest BCUT2D eigenvalue weighted by atomic mass is 28.4. The summed E-state index contributed by atoms with van der Waals surface area (Å²) in [5, 5.41) is 0.314. The van der Waals surface area contributed by atoms with Gasteiger partial charge in [-0.05, 0) is 31.1 Å². The quantitative estimate of drug-likeness (QED) is 0.769. The first-order valence-electron chi connectivity index (χ1n) is 6.34. The van der Waals surface area contributed by atoms with Crippen LogP contribution in [0.2, 0.25) is 18.1 Å². The zero-order valence-electron chi connectivity index (χ0n) is 11.5. The van der Waals surface area contributed by atoms with Crippen molar-refractivity contribution in [2.24, 2.45) is 5.73 Å². The minimum absolute atomic E-state index is 0.314. The predicted molar refractivity (Wildman–Crippen MR) is 72.2 cm³/mol. The Labute approximate surface area is 101 Å². The summed E-state index contributed by atoms with van der Waals surface area (Å²) >= 11 is 0. The molecule has 0 bridgehead atoms. The van der Waals surface area contributed by atoms with Crippen LogP contribution in [0.25, 0.3) is 0 Å². The van der Waals surface area contributed by atoms with E-state index in [0.29, 0.717) is 11.1 Å². The van der Waals surface area contributed by atoms with Crippen LogP contribution in [-0.2, 0) is 4.43 Å². The molecule has 1 fully saturated rings. The lowest BCUT2D eigenvalue weighted by molar-refractivity contribution is 0.221. The average molecular weight is 244 g/mol. The maximum atomic E-state index is 6.15. The molecule has 1 atom stereocenters. The van der Waals surface area contributed by atoms with E-state index >= 15 is 0 Å². The molecule has 0 aliphatic carbocycles. The van der Waals surface area contributed by atoms with Crippen molar-refractivity contribution in [2.75, 3.05) is 26.2 Å². The van der Waals surface area contributed by atoms with Gasteiger partial charge in [0.05, 0.1) is 0 Å². The number of hydrogen-bond donors (Lipinski definition) is 1. The molecule has 1 rings (SSSR count). The zero-order chi connectivity index (χ0) is 12.4. The van der Waals surface area contributed by atoms with E-state index in [1.807, 2.05) is 0 Å². The Morgan fingerprint density at radius 1 is 1.38 bits per heavy atom. The molecule has 0 aromatic rings. The lowest BCUT2D eigenvalue weighted by Gasteiger charge is -2.36. The number of nitrogens with zero attached hydrogens (tertiary/aromatic N) is 1. The summed E-state index contributed by atoms with van der Waals surface area (Å²) in [4.78, 5) is 2.41. The summed E-state index contributed by atoms with van der Waals surface area (Å²) in [5.74, 6) is 0. The van der Waals surface area contributed by atoms with Crippen LogP contribution in [0.3, 0.4) is 0 Å². The molecule has 1 saturated heterocycles. The molecule has 0 saturated carbocycles. The largest absolute Gasteiger partial charge is 0.416 e. The second kappa shape index (κ2) is 5.17. The maximum Gasteiger partial charge on any atom is 0.192 e. The number of nitrogens with two attached hydrogens (primary N) is 1. The van der Waals surface area contributed by atoms with Gasteiger partial charge in [-0.25, -0.2) is 0 Å².